The maximum absolute atomic E-state index is 12.5. The Labute approximate surface area is 145 Å². The number of guanidine groups is 1. The molecule has 2 aliphatic heterocycles. The Hall–Kier alpha value is -2.53. The van der Waals surface area contributed by atoms with Crippen molar-refractivity contribution in [2.75, 3.05) is 31.1 Å². The smallest absolute Gasteiger partial charge is 0.262 e. The highest BCUT2D eigenvalue weighted by atomic mass is 35.5. The number of hydrogen-bond acceptors (Lipinski definition) is 4. The first-order valence-electron chi connectivity index (χ1n) is 7.85. The average Bonchev–Trinajstić information content (AvgIpc) is 3.08. The summed E-state index contributed by atoms with van der Waals surface area (Å²) < 4.78 is 5.80. The van der Waals surface area contributed by atoms with Gasteiger partial charge in [0.2, 0.25) is 5.96 Å². The lowest BCUT2D eigenvalue weighted by atomic mass is 10.1. The van der Waals surface area contributed by atoms with Crippen LogP contribution in [-0.2, 0) is 0 Å². The molecule has 6 heteroatoms. The molecule has 2 heterocycles. The molecule has 0 aromatic heterocycles. The number of amides is 1. The molecule has 2 aromatic carbocycles. The zero-order valence-corrected chi connectivity index (χ0v) is 13.7. The van der Waals surface area contributed by atoms with E-state index in [1.165, 1.54) is 0 Å². The summed E-state index contributed by atoms with van der Waals surface area (Å²) in [7, 11) is 0. The number of ether oxygens (including phenoxy) is 1. The molecule has 0 atom stereocenters. The van der Waals surface area contributed by atoms with Crippen LogP contribution in [0.3, 0.4) is 0 Å². The maximum Gasteiger partial charge on any atom is 0.262 e. The second-order valence-electron chi connectivity index (χ2n) is 5.61. The van der Waals surface area contributed by atoms with Crippen molar-refractivity contribution in [3.05, 3.63) is 59.1 Å². The largest absolute Gasteiger partial charge is 0.492 e. The van der Waals surface area contributed by atoms with E-state index in [1.54, 1.807) is 11.0 Å². The molecule has 0 radical (unpaired) electrons. The third kappa shape index (κ3) is 2.61. The van der Waals surface area contributed by atoms with E-state index in [9.17, 15) is 4.79 Å². The topological polar surface area (TPSA) is 45.1 Å². The number of halogens is 1. The molecule has 0 unspecified atom stereocenters. The Kier molecular flexibility index (Phi) is 3.86. The highest BCUT2D eigenvalue weighted by Gasteiger charge is 2.36. The zero-order valence-electron chi connectivity index (χ0n) is 13.0. The molecule has 0 saturated carbocycles. The summed E-state index contributed by atoms with van der Waals surface area (Å²) in [4.78, 5) is 20.8. The first-order valence-corrected chi connectivity index (χ1v) is 8.23. The number of nitrogens with zero attached hydrogens (tertiary/aromatic N) is 3. The van der Waals surface area contributed by atoms with Crippen LogP contribution >= 0.6 is 11.6 Å². The van der Waals surface area contributed by atoms with E-state index in [4.69, 9.17) is 16.3 Å². The van der Waals surface area contributed by atoms with Crippen molar-refractivity contribution in [2.24, 2.45) is 4.99 Å². The van der Waals surface area contributed by atoms with Crippen LogP contribution in [0.25, 0.3) is 0 Å². The van der Waals surface area contributed by atoms with Crippen LogP contribution in [0.5, 0.6) is 5.75 Å². The Morgan fingerprint density at radius 1 is 1.17 bits per heavy atom. The Morgan fingerprint density at radius 3 is 2.92 bits per heavy atom. The van der Waals surface area contributed by atoms with Crippen molar-refractivity contribution < 1.29 is 9.53 Å². The van der Waals surface area contributed by atoms with Crippen LogP contribution < -0.4 is 9.64 Å². The quantitative estimate of drug-likeness (QED) is 0.858. The summed E-state index contributed by atoms with van der Waals surface area (Å²) in [5, 5.41) is 0.646. The number of carbonyl (C=O) groups is 1. The van der Waals surface area contributed by atoms with Crippen molar-refractivity contribution in [3.8, 4) is 5.75 Å². The molecule has 24 heavy (non-hydrogen) atoms. The van der Waals surface area contributed by atoms with Crippen LogP contribution in [0.4, 0.5) is 5.69 Å². The molecule has 0 aliphatic carbocycles. The van der Waals surface area contributed by atoms with Gasteiger partial charge in [0.1, 0.15) is 12.4 Å². The number of para-hydroxylation sites is 1. The second kappa shape index (κ2) is 6.17. The van der Waals surface area contributed by atoms with Gasteiger partial charge in [0.15, 0.2) is 0 Å². The predicted molar refractivity (Wildman–Crippen MR) is 94.1 cm³/mol. The van der Waals surface area contributed by atoms with Crippen LogP contribution in [0.1, 0.15) is 10.4 Å². The van der Waals surface area contributed by atoms with Gasteiger partial charge in [0, 0.05) is 11.6 Å². The zero-order chi connectivity index (χ0) is 16.5. The van der Waals surface area contributed by atoms with E-state index in [2.05, 4.69) is 4.99 Å². The van der Waals surface area contributed by atoms with Crippen LogP contribution in [0.2, 0.25) is 5.02 Å². The minimum absolute atomic E-state index is 0.0221. The van der Waals surface area contributed by atoms with Gasteiger partial charge in [-0.1, -0.05) is 29.8 Å². The third-order valence-electron chi connectivity index (χ3n) is 4.11. The van der Waals surface area contributed by atoms with Gasteiger partial charge in [-0.05, 0) is 30.3 Å². The highest BCUT2D eigenvalue weighted by Crippen LogP contribution is 2.30. The molecule has 2 aliphatic rings. The molecule has 0 bridgehead atoms. The first kappa shape index (κ1) is 15.0. The van der Waals surface area contributed by atoms with E-state index >= 15 is 0 Å². The predicted octanol–water partition coefficient (Wildman–Crippen LogP) is 3.05. The number of aliphatic imine (C=N–C) groups is 1. The highest BCUT2D eigenvalue weighted by molar-refractivity contribution is 6.30. The van der Waals surface area contributed by atoms with E-state index < -0.39 is 0 Å². The summed E-state index contributed by atoms with van der Waals surface area (Å²) in [5.41, 5.74) is 1.59. The van der Waals surface area contributed by atoms with Gasteiger partial charge in [-0.25, -0.2) is 0 Å². The standard InChI is InChI=1S/C18H16ClN3O2/c19-13-4-3-5-14(12-13)24-11-10-21-16-7-2-1-6-15(16)17(23)22-9-8-20-18(21)22/h1-7,12H,8-11H2. The molecule has 4 rings (SSSR count). The van der Waals surface area contributed by atoms with Crippen molar-refractivity contribution in [1.82, 2.24) is 4.90 Å². The van der Waals surface area contributed by atoms with Gasteiger partial charge in [-0.2, -0.15) is 0 Å². The van der Waals surface area contributed by atoms with Gasteiger partial charge in [-0.3, -0.25) is 14.7 Å². The van der Waals surface area contributed by atoms with E-state index in [0.29, 0.717) is 42.8 Å². The molecular formula is C18H16ClN3O2. The number of anilines is 1. The van der Waals surface area contributed by atoms with Crippen molar-refractivity contribution in [1.29, 1.82) is 0 Å². The minimum atomic E-state index is 0.0221. The second-order valence-corrected chi connectivity index (χ2v) is 6.05. The molecule has 0 fully saturated rings. The monoisotopic (exact) mass is 341 g/mol. The average molecular weight is 342 g/mol. The summed E-state index contributed by atoms with van der Waals surface area (Å²) in [6.45, 7) is 2.34. The molecular weight excluding hydrogens is 326 g/mol. The number of fused-ring (bicyclic) bond motifs is 2. The summed E-state index contributed by atoms with van der Waals surface area (Å²) in [6.07, 6.45) is 0. The molecule has 0 saturated heterocycles. The lowest BCUT2D eigenvalue weighted by molar-refractivity contribution is 0.0851. The molecule has 2 aromatic rings. The van der Waals surface area contributed by atoms with Crippen molar-refractivity contribution in [3.63, 3.8) is 0 Å². The van der Waals surface area contributed by atoms with Crippen LogP contribution in [-0.4, -0.2) is 43.0 Å². The fourth-order valence-corrected chi connectivity index (χ4v) is 3.21. The first-order chi connectivity index (χ1) is 11.7. The van der Waals surface area contributed by atoms with Gasteiger partial charge in [-0.15, -0.1) is 0 Å². The number of carbonyl (C=O) groups excluding carboxylic acids is 1. The van der Waals surface area contributed by atoms with Crippen molar-refractivity contribution in [2.45, 2.75) is 0 Å². The van der Waals surface area contributed by atoms with E-state index in [-0.39, 0.29) is 5.91 Å². The summed E-state index contributed by atoms with van der Waals surface area (Å²) in [5.74, 6) is 1.47. The Morgan fingerprint density at radius 2 is 2.04 bits per heavy atom. The van der Waals surface area contributed by atoms with Crippen molar-refractivity contribution >= 4 is 29.2 Å². The summed E-state index contributed by atoms with van der Waals surface area (Å²) in [6, 6.07) is 15.0. The maximum atomic E-state index is 12.5. The molecule has 1 amide bonds. The van der Waals surface area contributed by atoms with E-state index in [1.807, 2.05) is 47.4 Å². The van der Waals surface area contributed by atoms with Gasteiger partial charge in [0.05, 0.1) is 24.3 Å². The SMILES string of the molecule is O=C1c2ccccc2N(CCOc2cccc(Cl)c2)C2=NCCN12. The van der Waals surface area contributed by atoms with Gasteiger partial charge >= 0.3 is 0 Å². The molecule has 122 valence electrons. The number of benzene rings is 2. The molecule has 0 N–H and O–H groups in total. The normalized spacial score (nSPS) is 15.9. The molecule has 0 spiro atoms. The fraction of sp³-hybridized carbons (Fsp3) is 0.222. The lowest BCUT2D eigenvalue weighted by Crippen LogP contribution is -2.51. The third-order valence-corrected chi connectivity index (χ3v) is 4.34. The summed E-state index contributed by atoms with van der Waals surface area (Å²) >= 11 is 5.97. The van der Waals surface area contributed by atoms with Crippen LogP contribution in [0, 0.1) is 0 Å². The van der Waals surface area contributed by atoms with Gasteiger partial charge < -0.3 is 9.64 Å². The van der Waals surface area contributed by atoms with Gasteiger partial charge in [0.25, 0.3) is 5.91 Å². The Bertz CT molecular complexity index is 821. The molecule has 5 nitrogen and oxygen atoms in total. The minimum Gasteiger partial charge on any atom is -0.492 e. The van der Waals surface area contributed by atoms with Crippen LogP contribution in [0.15, 0.2) is 53.5 Å². The van der Waals surface area contributed by atoms with E-state index in [0.717, 1.165) is 11.4 Å². The Balaban J connectivity index is 1.55. The number of hydrogen-bond donors (Lipinski definition) is 0. The fourth-order valence-electron chi connectivity index (χ4n) is 3.03. The lowest BCUT2D eigenvalue weighted by Gasteiger charge is -2.35. The number of rotatable bonds is 4.